The molecule has 0 fully saturated rings. The predicted octanol–water partition coefficient (Wildman–Crippen LogP) is 3.76. The van der Waals surface area contributed by atoms with Crippen LogP contribution in [0.25, 0.3) is 0 Å². The summed E-state index contributed by atoms with van der Waals surface area (Å²) in [5, 5.41) is 5.70. The molecule has 0 saturated carbocycles. The number of aromatic nitrogens is 1. The molecule has 21 heavy (non-hydrogen) atoms. The van der Waals surface area contributed by atoms with Crippen LogP contribution in [-0.2, 0) is 10.9 Å². The van der Waals surface area contributed by atoms with Gasteiger partial charge < -0.3 is 15.4 Å². The quantitative estimate of drug-likeness (QED) is 0.682. The minimum atomic E-state index is -4.38. The summed E-state index contributed by atoms with van der Waals surface area (Å²) < 4.78 is 43.7. The predicted molar refractivity (Wildman–Crippen MR) is 77.6 cm³/mol. The van der Waals surface area contributed by atoms with Gasteiger partial charge >= 0.3 is 6.18 Å². The number of ether oxygens (including phenoxy) is 1. The molecule has 1 heterocycles. The van der Waals surface area contributed by atoms with Crippen molar-refractivity contribution in [3.05, 3.63) is 17.7 Å². The van der Waals surface area contributed by atoms with E-state index in [0.29, 0.717) is 32.7 Å². The van der Waals surface area contributed by atoms with E-state index < -0.39 is 11.7 Å². The molecule has 0 aliphatic rings. The number of anilines is 2. The van der Waals surface area contributed by atoms with Gasteiger partial charge in [0.05, 0.1) is 5.56 Å². The van der Waals surface area contributed by atoms with E-state index in [-0.39, 0.29) is 11.6 Å². The molecule has 1 rings (SSSR count). The normalized spacial score (nSPS) is 11.5. The van der Waals surface area contributed by atoms with Crippen LogP contribution in [0.4, 0.5) is 24.8 Å². The maximum absolute atomic E-state index is 12.8. The summed E-state index contributed by atoms with van der Waals surface area (Å²) in [4.78, 5) is 4.11. The highest BCUT2D eigenvalue weighted by Gasteiger charge is 2.31. The van der Waals surface area contributed by atoms with E-state index in [4.69, 9.17) is 4.74 Å². The summed E-state index contributed by atoms with van der Waals surface area (Å²) in [5.41, 5.74) is -0.710. The number of pyridine rings is 1. The van der Waals surface area contributed by atoms with Gasteiger partial charge in [0.25, 0.3) is 0 Å². The molecular weight excluding hydrogens is 283 g/mol. The molecular formula is C14H22F3N3O. The Labute approximate surface area is 123 Å². The van der Waals surface area contributed by atoms with Crippen molar-refractivity contribution in [2.45, 2.75) is 32.9 Å². The van der Waals surface area contributed by atoms with E-state index in [1.807, 2.05) is 6.92 Å². The van der Waals surface area contributed by atoms with Crippen molar-refractivity contribution in [3.63, 3.8) is 0 Å². The average molecular weight is 305 g/mol. The molecule has 1 aromatic heterocycles. The molecule has 7 heteroatoms. The topological polar surface area (TPSA) is 46.2 Å². The van der Waals surface area contributed by atoms with Gasteiger partial charge in [-0.2, -0.15) is 13.2 Å². The molecule has 1 aromatic rings. The first-order valence-corrected chi connectivity index (χ1v) is 7.12. The molecule has 0 spiro atoms. The Bertz CT molecular complexity index is 424. The van der Waals surface area contributed by atoms with E-state index in [2.05, 4.69) is 15.6 Å². The van der Waals surface area contributed by atoms with Crippen molar-refractivity contribution in [3.8, 4) is 0 Å². The number of nitrogens with one attached hydrogen (secondary N) is 2. The zero-order valence-corrected chi connectivity index (χ0v) is 12.4. The third-order valence-corrected chi connectivity index (χ3v) is 2.63. The van der Waals surface area contributed by atoms with Gasteiger partial charge in [-0.15, -0.1) is 0 Å². The number of alkyl halides is 3. The average Bonchev–Trinajstić information content (AvgIpc) is 2.42. The fourth-order valence-corrected chi connectivity index (χ4v) is 1.69. The minimum absolute atomic E-state index is 0.219. The molecule has 0 radical (unpaired) electrons. The van der Waals surface area contributed by atoms with E-state index >= 15 is 0 Å². The summed E-state index contributed by atoms with van der Waals surface area (Å²) in [6.07, 6.45) is -2.71. The Morgan fingerprint density at radius 3 is 2.33 bits per heavy atom. The molecule has 0 aliphatic carbocycles. The fraction of sp³-hybridized carbons (Fsp3) is 0.643. The second-order valence-electron chi connectivity index (χ2n) is 4.55. The van der Waals surface area contributed by atoms with Crippen LogP contribution in [0.2, 0.25) is 0 Å². The lowest BCUT2D eigenvalue weighted by molar-refractivity contribution is -0.137. The fourth-order valence-electron chi connectivity index (χ4n) is 1.69. The summed E-state index contributed by atoms with van der Waals surface area (Å²) in [5.74, 6) is 0.438. The monoisotopic (exact) mass is 305 g/mol. The SMILES string of the molecule is CCCOCCCNc1cc(C(F)(F)F)cc(NCC)n1. The maximum atomic E-state index is 12.8. The number of hydrogen-bond donors (Lipinski definition) is 2. The summed E-state index contributed by atoms with van der Waals surface area (Å²) in [6.45, 7) is 6.14. The molecule has 2 N–H and O–H groups in total. The van der Waals surface area contributed by atoms with Crippen LogP contribution in [0.1, 0.15) is 32.3 Å². The Balaban J connectivity index is 2.61. The van der Waals surface area contributed by atoms with Crippen LogP contribution in [-0.4, -0.2) is 31.3 Å². The Hall–Kier alpha value is -1.50. The van der Waals surface area contributed by atoms with Crippen LogP contribution in [0.15, 0.2) is 12.1 Å². The molecule has 0 saturated heterocycles. The standard InChI is InChI=1S/C14H22F3N3O/c1-3-7-21-8-5-6-19-13-10-11(14(15,16)17)9-12(20-13)18-4-2/h9-10H,3-8H2,1-2H3,(H2,18,19,20). The lowest BCUT2D eigenvalue weighted by Gasteiger charge is -2.13. The molecule has 4 nitrogen and oxygen atoms in total. The number of nitrogens with zero attached hydrogens (tertiary/aromatic N) is 1. The van der Waals surface area contributed by atoms with Crippen LogP contribution >= 0.6 is 0 Å². The van der Waals surface area contributed by atoms with Crippen molar-refractivity contribution < 1.29 is 17.9 Å². The van der Waals surface area contributed by atoms with Gasteiger partial charge in [0.15, 0.2) is 0 Å². The lowest BCUT2D eigenvalue weighted by Crippen LogP contribution is -2.12. The third kappa shape index (κ3) is 6.66. The minimum Gasteiger partial charge on any atom is -0.381 e. The molecule has 0 aromatic carbocycles. The van der Waals surface area contributed by atoms with Gasteiger partial charge in [-0.25, -0.2) is 4.98 Å². The molecule has 0 unspecified atom stereocenters. The molecule has 0 bridgehead atoms. The Morgan fingerprint density at radius 2 is 1.76 bits per heavy atom. The van der Waals surface area contributed by atoms with Crippen molar-refractivity contribution in [2.75, 3.05) is 36.9 Å². The molecule has 120 valence electrons. The number of rotatable bonds is 9. The lowest BCUT2D eigenvalue weighted by atomic mass is 10.2. The van der Waals surface area contributed by atoms with E-state index in [0.717, 1.165) is 18.6 Å². The Kier molecular flexibility index (Phi) is 7.28. The van der Waals surface area contributed by atoms with E-state index in [9.17, 15) is 13.2 Å². The first kappa shape index (κ1) is 17.6. The Morgan fingerprint density at radius 1 is 1.10 bits per heavy atom. The smallest absolute Gasteiger partial charge is 0.381 e. The van der Waals surface area contributed by atoms with Gasteiger partial charge in [0, 0.05) is 26.3 Å². The van der Waals surface area contributed by atoms with Crippen molar-refractivity contribution in [1.82, 2.24) is 4.98 Å². The van der Waals surface area contributed by atoms with Gasteiger partial charge in [-0.05, 0) is 31.9 Å². The van der Waals surface area contributed by atoms with Gasteiger partial charge in [0.2, 0.25) is 0 Å². The van der Waals surface area contributed by atoms with E-state index in [1.54, 1.807) is 6.92 Å². The van der Waals surface area contributed by atoms with Crippen molar-refractivity contribution in [1.29, 1.82) is 0 Å². The van der Waals surface area contributed by atoms with Gasteiger partial charge in [-0.1, -0.05) is 6.92 Å². The summed E-state index contributed by atoms with van der Waals surface area (Å²) in [7, 11) is 0. The largest absolute Gasteiger partial charge is 0.416 e. The van der Waals surface area contributed by atoms with Crippen molar-refractivity contribution >= 4 is 11.6 Å². The first-order chi connectivity index (χ1) is 9.97. The third-order valence-electron chi connectivity index (χ3n) is 2.63. The van der Waals surface area contributed by atoms with Gasteiger partial charge in [-0.3, -0.25) is 0 Å². The van der Waals surface area contributed by atoms with Gasteiger partial charge in [0.1, 0.15) is 11.6 Å². The zero-order chi connectivity index (χ0) is 15.7. The van der Waals surface area contributed by atoms with E-state index in [1.165, 1.54) is 0 Å². The zero-order valence-electron chi connectivity index (χ0n) is 12.4. The van der Waals surface area contributed by atoms with Crippen LogP contribution in [0.5, 0.6) is 0 Å². The number of hydrogen-bond acceptors (Lipinski definition) is 4. The maximum Gasteiger partial charge on any atom is 0.416 e. The second kappa shape index (κ2) is 8.71. The molecule has 0 atom stereocenters. The number of halogens is 3. The second-order valence-corrected chi connectivity index (χ2v) is 4.55. The highest BCUT2D eigenvalue weighted by Crippen LogP contribution is 2.32. The molecule has 0 amide bonds. The van der Waals surface area contributed by atoms with Crippen LogP contribution in [0, 0.1) is 0 Å². The highest BCUT2D eigenvalue weighted by molar-refractivity contribution is 5.49. The van der Waals surface area contributed by atoms with Crippen LogP contribution < -0.4 is 10.6 Å². The van der Waals surface area contributed by atoms with Crippen LogP contribution in [0.3, 0.4) is 0 Å². The van der Waals surface area contributed by atoms with Crippen molar-refractivity contribution in [2.24, 2.45) is 0 Å². The highest BCUT2D eigenvalue weighted by atomic mass is 19.4. The first-order valence-electron chi connectivity index (χ1n) is 7.12. The molecule has 0 aliphatic heterocycles. The summed E-state index contributed by atoms with van der Waals surface area (Å²) >= 11 is 0. The summed E-state index contributed by atoms with van der Waals surface area (Å²) in [6, 6.07) is 2.03.